The quantitative estimate of drug-likeness (QED) is 0.470. The van der Waals surface area contributed by atoms with Crippen molar-refractivity contribution in [1.82, 2.24) is 9.88 Å². The number of nitrogens with one attached hydrogen (secondary N) is 1. The molecule has 6 nitrogen and oxygen atoms in total. The molecule has 0 saturated carbocycles. The Labute approximate surface area is 105 Å². The average Bonchev–Trinajstić information content (AvgIpc) is 2.29. The van der Waals surface area contributed by atoms with Crippen molar-refractivity contribution in [3.63, 3.8) is 0 Å². The summed E-state index contributed by atoms with van der Waals surface area (Å²) in [6, 6.07) is 2.72. The van der Waals surface area contributed by atoms with Gasteiger partial charge in [-0.15, -0.1) is 0 Å². The van der Waals surface area contributed by atoms with E-state index in [9.17, 15) is 14.9 Å². The SMILES string of the molecule is C=C(CNC(C)C)Cn1cc([N+](=O)[O-])ccc1=O. The minimum absolute atomic E-state index is 0.0979. The number of pyridine rings is 1. The second-order valence-electron chi connectivity index (χ2n) is 4.40. The summed E-state index contributed by atoms with van der Waals surface area (Å²) in [5, 5.41) is 13.8. The predicted octanol–water partition coefficient (Wildman–Crippen LogP) is 1.31. The first kappa shape index (κ1) is 14.1. The molecule has 0 unspecified atom stereocenters. The van der Waals surface area contributed by atoms with Crippen molar-refractivity contribution in [2.75, 3.05) is 6.54 Å². The summed E-state index contributed by atoms with van der Waals surface area (Å²) in [4.78, 5) is 21.6. The molecule has 6 heteroatoms. The largest absolute Gasteiger partial charge is 0.311 e. The first-order valence-electron chi connectivity index (χ1n) is 5.65. The minimum atomic E-state index is -0.523. The number of hydrogen-bond donors (Lipinski definition) is 1. The third kappa shape index (κ3) is 4.14. The van der Waals surface area contributed by atoms with E-state index in [-0.39, 0.29) is 17.8 Å². The summed E-state index contributed by atoms with van der Waals surface area (Å²) >= 11 is 0. The summed E-state index contributed by atoms with van der Waals surface area (Å²) in [5.74, 6) is 0. The van der Waals surface area contributed by atoms with Crippen LogP contribution in [0.3, 0.4) is 0 Å². The molecule has 0 aliphatic rings. The first-order chi connectivity index (χ1) is 8.40. The third-order valence-corrected chi connectivity index (χ3v) is 2.33. The fourth-order valence-corrected chi connectivity index (χ4v) is 1.40. The Hall–Kier alpha value is -1.95. The van der Waals surface area contributed by atoms with E-state index in [0.29, 0.717) is 12.6 Å². The second kappa shape index (κ2) is 6.11. The van der Waals surface area contributed by atoms with E-state index in [1.807, 2.05) is 13.8 Å². The highest BCUT2D eigenvalue weighted by molar-refractivity contribution is 5.25. The standard InChI is InChI=1S/C12H17N3O3/c1-9(2)13-6-10(3)7-14-8-11(15(17)18)4-5-12(14)16/h4-5,8-9,13H,3,6-7H2,1-2H3. The maximum Gasteiger partial charge on any atom is 0.285 e. The van der Waals surface area contributed by atoms with Crippen LogP contribution in [0, 0.1) is 10.1 Å². The molecule has 98 valence electrons. The number of hydrogen-bond acceptors (Lipinski definition) is 4. The number of nitro groups is 1. The van der Waals surface area contributed by atoms with Crippen LogP contribution in [0.5, 0.6) is 0 Å². The normalized spacial score (nSPS) is 10.6. The van der Waals surface area contributed by atoms with Crippen LogP contribution >= 0.6 is 0 Å². The fourth-order valence-electron chi connectivity index (χ4n) is 1.40. The molecule has 0 bridgehead atoms. The lowest BCUT2D eigenvalue weighted by Crippen LogP contribution is -2.28. The molecule has 1 aromatic heterocycles. The van der Waals surface area contributed by atoms with Gasteiger partial charge in [-0.25, -0.2) is 0 Å². The third-order valence-electron chi connectivity index (χ3n) is 2.33. The zero-order valence-corrected chi connectivity index (χ0v) is 10.5. The van der Waals surface area contributed by atoms with Gasteiger partial charge in [0.2, 0.25) is 0 Å². The Balaban J connectivity index is 2.77. The van der Waals surface area contributed by atoms with Gasteiger partial charge in [0.05, 0.1) is 11.1 Å². The predicted molar refractivity (Wildman–Crippen MR) is 69.6 cm³/mol. The molecule has 0 aliphatic carbocycles. The molecular formula is C12H17N3O3. The summed E-state index contributed by atoms with van der Waals surface area (Å²) in [6.07, 6.45) is 1.24. The van der Waals surface area contributed by atoms with E-state index in [2.05, 4.69) is 11.9 Å². The van der Waals surface area contributed by atoms with Gasteiger partial charge in [-0.05, 0) is 5.57 Å². The van der Waals surface area contributed by atoms with Crippen molar-refractivity contribution < 1.29 is 4.92 Å². The lowest BCUT2D eigenvalue weighted by atomic mass is 10.2. The monoisotopic (exact) mass is 251 g/mol. The van der Waals surface area contributed by atoms with Gasteiger partial charge < -0.3 is 9.88 Å². The van der Waals surface area contributed by atoms with E-state index in [0.717, 1.165) is 5.57 Å². The lowest BCUT2D eigenvalue weighted by molar-refractivity contribution is -0.385. The molecule has 0 atom stereocenters. The van der Waals surface area contributed by atoms with Gasteiger partial charge in [-0.3, -0.25) is 14.9 Å². The van der Waals surface area contributed by atoms with E-state index < -0.39 is 4.92 Å². The molecule has 0 aromatic carbocycles. The molecule has 0 fully saturated rings. The zero-order chi connectivity index (χ0) is 13.7. The van der Waals surface area contributed by atoms with E-state index in [1.54, 1.807) is 0 Å². The Morgan fingerprint density at radius 2 is 2.22 bits per heavy atom. The van der Waals surface area contributed by atoms with Gasteiger partial charge in [0, 0.05) is 31.3 Å². The average molecular weight is 251 g/mol. The van der Waals surface area contributed by atoms with Gasteiger partial charge in [0.15, 0.2) is 0 Å². The van der Waals surface area contributed by atoms with Crippen molar-refractivity contribution >= 4 is 5.69 Å². The van der Waals surface area contributed by atoms with Crippen LogP contribution in [0.15, 0.2) is 35.3 Å². The second-order valence-corrected chi connectivity index (χ2v) is 4.40. The highest BCUT2D eigenvalue weighted by atomic mass is 16.6. The maximum atomic E-state index is 11.5. The summed E-state index contributed by atoms with van der Waals surface area (Å²) in [5.41, 5.74) is 0.428. The van der Waals surface area contributed by atoms with Crippen LogP contribution in [-0.2, 0) is 6.54 Å². The summed E-state index contributed by atoms with van der Waals surface area (Å²) < 4.78 is 1.29. The Kier molecular flexibility index (Phi) is 4.79. The molecule has 1 N–H and O–H groups in total. The van der Waals surface area contributed by atoms with Crippen molar-refractivity contribution in [3.05, 3.63) is 50.9 Å². The molecule has 1 aromatic rings. The van der Waals surface area contributed by atoms with Crippen LogP contribution in [0.4, 0.5) is 5.69 Å². The first-order valence-corrected chi connectivity index (χ1v) is 5.65. The molecule has 0 spiro atoms. The van der Waals surface area contributed by atoms with E-state index >= 15 is 0 Å². The van der Waals surface area contributed by atoms with Gasteiger partial charge in [0.1, 0.15) is 0 Å². The highest BCUT2D eigenvalue weighted by Crippen LogP contribution is 2.07. The summed E-state index contributed by atoms with van der Waals surface area (Å²) in [7, 11) is 0. The summed E-state index contributed by atoms with van der Waals surface area (Å²) in [6.45, 7) is 8.71. The van der Waals surface area contributed by atoms with Crippen LogP contribution in [0.1, 0.15) is 13.8 Å². The van der Waals surface area contributed by atoms with Gasteiger partial charge >= 0.3 is 0 Å². The highest BCUT2D eigenvalue weighted by Gasteiger charge is 2.08. The molecule has 18 heavy (non-hydrogen) atoms. The van der Waals surface area contributed by atoms with Gasteiger partial charge in [-0.2, -0.15) is 0 Å². The smallest absolute Gasteiger partial charge is 0.285 e. The Bertz CT molecular complexity index is 506. The molecule has 0 amide bonds. The van der Waals surface area contributed by atoms with Gasteiger partial charge in [0.25, 0.3) is 11.2 Å². The van der Waals surface area contributed by atoms with Crippen molar-refractivity contribution in [2.45, 2.75) is 26.4 Å². The van der Waals surface area contributed by atoms with Crippen molar-refractivity contribution in [3.8, 4) is 0 Å². The van der Waals surface area contributed by atoms with Crippen LogP contribution in [-0.4, -0.2) is 22.1 Å². The van der Waals surface area contributed by atoms with E-state index in [4.69, 9.17) is 0 Å². The van der Waals surface area contributed by atoms with Crippen molar-refractivity contribution in [1.29, 1.82) is 0 Å². The zero-order valence-electron chi connectivity index (χ0n) is 10.5. The number of rotatable bonds is 6. The Morgan fingerprint density at radius 3 is 2.78 bits per heavy atom. The Morgan fingerprint density at radius 1 is 1.56 bits per heavy atom. The van der Waals surface area contributed by atoms with Crippen molar-refractivity contribution in [2.24, 2.45) is 0 Å². The molecule has 0 radical (unpaired) electrons. The molecule has 1 rings (SSSR count). The van der Waals surface area contributed by atoms with Crippen LogP contribution < -0.4 is 10.9 Å². The minimum Gasteiger partial charge on any atom is -0.311 e. The molecule has 0 aliphatic heterocycles. The number of nitrogens with zero attached hydrogens (tertiary/aromatic N) is 2. The van der Waals surface area contributed by atoms with Crippen LogP contribution in [0.25, 0.3) is 0 Å². The molecule has 0 saturated heterocycles. The molecular weight excluding hydrogens is 234 g/mol. The topological polar surface area (TPSA) is 77.2 Å². The molecule has 1 heterocycles. The lowest BCUT2D eigenvalue weighted by Gasteiger charge is -2.11. The van der Waals surface area contributed by atoms with Gasteiger partial charge in [-0.1, -0.05) is 20.4 Å². The number of aromatic nitrogens is 1. The van der Waals surface area contributed by atoms with E-state index in [1.165, 1.54) is 22.9 Å². The maximum absolute atomic E-state index is 11.5. The van der Waals surface area contributed by atoms with Crippen LogP contribution in [0.2, 0.25) is 0 Å². The fraction of sp³-hybridized carbons (Fsp3) is 0.417.